The van der Waals surface area contributed by atoms with Crippen molar-refractivity contribution in [1.29, 1.82) is 0 Å². The van der Waals surface area contributed by atoms with Gasteiger partial charge in [0.15, 0.2) is 0 Å². The van der Waals surface area contributed by atoms with Crippen LogP contribution in [0.4, 0.5) is 0 Å². The highest BCUT2D eigenvalue weighted by Gasteiger charge is 2.34. The predicted molar refractivity (Wildman–Crippen MR) is 75.9 cm³/mol. The van der Waals surface area contributed by atoms with Crippen molar-refractivity contribution in [3.8, 4) is 0 Å². The van der Waals surface area contributed by atoms with Crippen LogP contribution in [0.5, 0.6) is 0 Å². The average Bonchev–Trinajstić information content (AvgIpc) is 2.95. The molecule has 108 valence electrons. The molecule has 0 aliphatic heterocycles. The Labute approximate surface area is 116 Å². The summed E-state index contributed by atoms with van der Waals surface area (Å²) in [5.41, 5.74) is 1.56. The van der Waals surface area contributed by atoms with E-state index in [9.17, 15) is 4.79 Å². The van der Waals surface area contributed by atoms with E-state index in [0.29, 0.717) is 18.5 Å². The van der Waals surface area contributed by atoms with Gasteiger partial charge in [-0.3, -0.25) is 4.79 Å². The van der Waals surface area contributed by atoms with Crippen molar-refractivity contribution >= 4 is 5.91 Å². The standard InChI is InChI=1S/C15H26N2O2/c1-11(2)16-8-9-17-15(18)10-19-14-7-6-12-4-3-5-13(12)14/h4,11,13-14,16H,3,5-10H2,1-2H3,(H,17,18)/t13?,14-/m0/s1. The first-order valence-electron chi connectivity index (χ1n) is 7.47. The van der Waals surface area contributed by atoms with E-state index in [2.05, 4.69) is 30.6 Å². The zero-order valence-corrected chi connectivity index (χ0v) is 12.1. The Bertz CT molecular complexity index is 339. The van der Waals surface area contributed by atoms with Gasteiger partial charge in [-0.05, 0) is 25.7 Å². The normalized spacial score (nSPS) is 25.5. The molecule has 2 aliphatic carbocycles. The van der Waals surface area contributed by atoms with Crippen LogP contribution in [0.15, 0.2) is 11.6 Å². The second kappa shape index (κ2) is 7.06. The minimum Gasteiger partial charge on any atom is -0.368 e. The van der Waals surface area contributed by atoms with Crippen molar-refractivity contribution in [2.24, 2.45) is 5.92 Å². The molecule has 0 spiro atoms. The molecule has 4 nitrogen and oxygen atoms in total. The number of fused-ring (bicyclic) bond motifs is 1. The van der Waals surface area contributed by atoms with E-state index >= 15 is 0 Å². The van der Waals surface area contributed by atoms with E-state index in [1.807, 2.05) is 0 Å². The van der Waals surface area contributed by atoms with Gasteiger partial charge in [0.25, 0.3) is 0 Å². The monoisotopic (exact) mass is 266 g/mol. The minimum absolute atomic E-state index is 0.000910. The zero-order chi connectivity index (χ0) is 13.7. The molecule has 4 heteroatoms. The number of nitrogens with one attached hydrogen (secondary N) is 2. The quantitative estimate of drug-likeness (QED) is 0.544. The molecular weight excluding hydrogens is 240 g/mol. The molecule has 1 amide bonds. The first kappa shape index (κ1) is 14.5. The van der Waals surface area contributed by atoms with Gasteiger partial charge in [0, 0.05) is 25.0 Å². The van der Waals surface area contributed by atoms with E-state index in [1.165, 1.54) is 12.8 Å². The van der Waals surface area contributed by atoms with Gasteiger partial charge in [-0.15, -0.1) is 0 Å². The molecule has 0 radical (unpaired) electrons. The molecule has 1 unspecified atom stereocenters. The first-order chi connectivity index (χ1) is 9.16. The fourth-order valence-electron chi connectivity index (χ4n) is 3.00. The molecule has 0 aromatic carbocycles. The fourth-order valence-corrected chi connectivity index (χ4v) is 3.00. The van der Waals surface area contributed by atoms with Crippen molar-refractivity contribution in [2.45, 2.75) is 51.7 Å². The lowest BCUT2D eigenvalue weighted by Crippen LogP contribution is -2.37. The van der Waals surface area contributed by atoms with Gasteiger partial charge in [0.2, 0.25) is 5.91 Å². The molecule has 0 heterocycles. The van der Waals surface area contributed by atoms with Crippen LogP contribution < -0.4 is 10.6 Å². The highest BCUT2D eigenvalue weighted by molar-refractivity contribution is 5.77. The van der Waals surface area contributed by atoms with E-state index in [-0.39, 0.29) is 18.6 Å². The van der Waals surface area contributed by atoms with Crippen LogP contribution in [-0.2, 0) is 9.53 Å². The summed E-state index contributed by atoms with van der Waals surface area (Å²) in [5.74, 6) is 0.594. The Kier molecular flexibility index (Phi) is 5.40. The Hall–Kier alpha value is -0.870. The summed E-state index contributed by atoms with van der Waals surface area (Å²) in [7, 11) is 0. The third kappa shape index (κ3) is 4.32. The number of rotatable bonds is 7. The summed E-state index contributed by atoms with van der Waals surface area (Å²) >= 11 is 0. The predicted octanol–water partition coefficient (Wildman–Crippen LogP) is 1.62. The van der Waals surface area contributed by atoms with Crippen molar-refractivity contribution in [1.82, 2.24) is 10.6 Å². The Morgan fingerprint density at radius 1 is 1.42 bits per heavy atom. The van der Waals surface area contributed by atoms with E-state index in [1.54, 1.807) is 5.57 Å². The lowest BCUT2D eigenvalue weighted by Gasteiger charge is -2.18. The van der Waals surface area contributed by atoms with Crippen LogP contribution in [0.3, 0.4) is 0 Å². The summed E-state index contributed by atoms with van der Waals surface area (Å²) in [5, 5.41) is 6.15. The van der Waals surface area contributed by atoms with Crippen LogP contribution in [0.1, 0.15) is 39.5 Å². The molecule has 19 heavy (non-hydrogen) atoms. The van der Waals surface area contributed by atoms with Crippen molar-refractivity contribution in [3.05, 3.63) is 11.6 Å². The number of carbonyl (C=O) groups excluding carboxylic acids is 1. The third-order valence-corrected chi connectivity index (χ3v) is 3.96. The van der Waals surface area contributed by atoms with Gasteiger partial charge >= 0.3 is 0 Å². The van der Waals surface area contributed by atoms with E-state index in [0.717, 1.165) is 19.4 Å². The Balaban J connectivity index is 1.58. The Morgan fingerprint density at radius 3 is 3.05 bits per heavy atom. The van der Waals surface area contributed by atoms with Crippen LogP contribution in [0, 0.1) is 5.92 Å². The second-order valence-electron chi connectivity index (χ2n) is 5.81. The largest absolute Gasteiger partial charge is 0.368 e. The molecule has 0 aromatic rings. The van der Waals surface area contributed by atoms with Crippen molar-refractivity contribution in [3.63, 3.8) is 0 Å². The van der Waals surface area contributed by atoms with E-state index < -0.39 is 0 Å². The maximum atomic E-state index is 11.7. The number of amides is 1. The van der Waals surface area contributed by atoms with Gasteiger partial charge in [-0.2, -0.15) is 0 Å². The van der Waals surface area contributed by atoms with Crippen LogP contribution in [0.2, 0.25) is 0 Å². The van der Waals surface area contributed by atoms with Gasteiger partial charge in [-0.25, -0.2) is 0 Å². The van der Waals surface area contributed by atoms with Crippen LogP contribution >= 0.6 is 0 Å². The molecule has 1 fully saturated rings. The molecule has 0 saturated heterocycles. The molecular formula is C15H26N2O2. The summed E-state index contributed by atoms with van der Waals surface area (Å²) in [4.78, 5) is 11.7. The summed E-state index contributed by atoms with van der Waals surface area (Å²) < 4.78 is 5.78. The van der Waals surface area contributed by atoms with Crippen LogP contribution in [-0.4, -0.2) is 37.7 Å². The van der Waals surface area contributed by atoms with Gasteiger partial charge in [-0.1, -0.05) is 25.5 Å². The Morgan fingerprint density at radius 2 is 2.26 bits per heavy atom. The van der Waals surface area contributed by atoms with Crippen molar-refractivity contribution < 1.29 is 9.53 Å². The molecule has 2 rings (SSSR count). The number of carbonyl (C=O) groups is 1. The highest BCUT2D eigenvalue weighted by atomic mass is 16.5. The van der Waals surface area contributed by atoms with E-state index in [4.69, 9.17) is 4.74 Å². The fraction of sp³-hybridized carbons (Fsp3) is 0.800. The number of hydrogen-bond acceptors (Lipinski definition) is 3. The molecule has 2 atom stereocenters. The summed E-state index contributed by atoms with van der Waals surface area (Å²) in [6.45, 7) is 5.87. The maximum Gasteiger partial charge on any atom is 0.246 e. The molecule has 2 aliphatic rings. The minimum atomic E-state index is 0.000910. The molecule has 0 bridgehead atoms. The van der Waals surface area contributed by atoms with Gasteiger partial charge in [0.05, 0.1) is 6.10 Å². The van der Waals surface area contributed by atoms with Crippen molar-refractivity contribution in [2.75, 3.05) is 19.7 Å². The first-order valence-corrected chi connectivity index (χ1v) is 7.47. The third-order valence-electron chi connectivity index (χ3n) is 3.96. The smallest absolute Gasteiger partial charge is 0.246 e. The number of hydrogen-bond donors (Lipinski definition) is 2. The van der Waals surface area contributed by atoms with Gasteiger partial charge < -0.3 is 15.4 Å². The lowest BCUT2D eigenvalue weighted by atomic mass is 10.0. The summed E-state index contributed by atoms with van der Waals surface area (Å²) in [6.07, 6.45) is 7.26. The lowest BCUT2D eigenvalue weighted by molar-refractivity contribution is -0.128. The van der Waals surface area contributed by atoms with Crippen LogP contribution in [0.25, 0.3) is 0 Å². The summed E-state index contributed by atoms with van der Waals surface area (Å²) in [6, 6.07) is 0.458. The van der Waals surface area contributed by atoms with Gasteiger partial charge in [0.1, 0.15) is 6.61 Å². The molecule has 2 N–H and O–H groups in total. The zero-order valence-electron chi connectivity index (χ0n) is 12.1. The maximum absolute atomic E-state index is 11.7. The SMILES string of the molecule is CC(C)NCCNC(=O)CO[C@H]1CCC2=CCCC21. The highest BCUT2D eigenvalue weighted by Crippen LogP contribution is 2.41. The molecule has 0 aromatic heterocycles. The average molecular weight is 266 g/mol. The number of allylic oxidation sites excluding steroid dienone is 1. The topological polar surface area (TPSA) is 50.4 Å². The second-order valence-corrected chi connectivity index (χ2v) is 5.81. The number of ether oxygens (including phenoxy) is 1. The molecule has 1 saturated carbocycles.